The third-order valence-electron chi connectivity index (χ3n) is 7.60. The zero-order valence-corrected chi connectivity index (χ0v) is 27.4. The minimum Gasteiger partial charge on any atom is -0.457 e. The fourth-order valence-corrected chi connectivity index (χ4v) is 5.55. The molecule has 4 rings (SSSR count). The van der Waals surface area contributed by atoms with E-state index >= 15 is 0 Å². The van der Waals surface area contributed by atoms with Crippen LogP contribution in [0.5, 0.6) is 11.5 Å². The van der Waals surface area contributed by atoms with Crippen LogP contribution in [0.15, 0.2) is 72.8 Å². The summed E-state index contributed by atoms with van der Waals surface area (Å²) < 4.78 is 25.7. The van der Waals surface area contributed by atoms with Gasteiger partial charge in [-0.3, -0.25) is 14.5 Å². The zero-order chi connectivity index (χ0) is 32.9. The molecule has 0 radical (unpaired) electrons. The largest absolute Gasteiger partial charge is 0.457 e. The molecular formula is C35H41ClFN3O5. The SMILES string of the molecule is Cc1cc(Oc2ccccc2)ccc1N(C(=O)CCl)[C@H](C(=O)N1CCN(C(=O)OC(C)(C)C)[C@@H](C(C)C)C1)c1ccc(F)cc1. The van der Waals surface area contributed by atoms with E-state index in [2.05, 4.69) is 0 Å². The van der Waals surface area contributed by atoms with Crippen LogP contribution in [0.4, 0.5) is 14.9 Å². The van der Waals surface area contributed by atoms with Crippen LogP contribution in [0.1, 0.15) is 51.8 Å². The number of hydrogen-bond acceptors (Lipinski definition) is 5. The van der Waals surface area contributed by atoms with Gasteiger partial charge in [0.15, 0.2) is 0 Å². The molecule has 45 heavy (non-hydrogen) atoms. The van der Waals surface area contributed by atoms with E-state index < -0.39 is 29.5 Å². The van der Waals surface area contributed by atoms with E-state index in [1.165, 1.54) is 29.2 Å². The van der Waals surface area contributed by atoms with Crippen LogP contribution in [0.3, 0.4) is 0 Å². The molecule has 0 spiro atoms. The number of benzene rings is 3. The molecule has 0 unspecified atom stereocenters. The van der Waals surface area contributed by atoms with Gasteiger partial charge in [0.05, 0.1) is 6.04 Å². The molecule has 1 aliphatic rings. The Labute approximate surface area is 269 Å². The summed E-state index contributed by atoms with van der Waals surface area (Å²) in [6.45, 7) is 12.0. The third kappa shape index (κ3) is 8.34. The molecule has 1 heterocycles. The number of hydrogen-bond donors (Lipinski definition) is 0. The molecule has 8 nitrogen and oxygen atoms in total. The number of ether oxygens (including phenoxy) is 2. The average Bonchev–Trinajstić information content (AvgIpc) is 2.99. The number of halogens is 2. The van der Waals surface area contributed by atoms with Crippen molar-refractivity contribution in [3.05, 3.63) is 89.7 Å². The smallest absolute Gasteiger partial charge is 0.410 e. The van der Waals surface area contributed by atoms with Crippen LogP contribution in [0, 0.1) is 18.7 Å². The van der Waals surface area contributed by atoms with Crippen LogP contribution in [0.2, 0.25) is 0 Å². The number of para-hydroxylation sites is 1. The first kappa shape index (κ1) is 33.8. The number of carbonyl (C=O) groups is 3. The second kappa shape index (κ2) is 14.3. The average molecular weight is 638 g/mol. The van der Waals surface area contributed by atoms with Gasteiger partial charge < -0.3 is 19.3 Å². The molecule has 1 aliphatic heterocycles. The highest BCUT2D eigenvalue weighted by Crippen LogP contribution is 2.36. The Morgan fingerprint density at radius 3 is 2.22 bits per heavy atom. The van der Waals surface area contributed by atoms with Crippen molar-refractivity contribution in [2.75, 3.05) is 30.4 Å². The predicted molar refractivity (Wildman–Crippen MR) is 173 cm³/mol. The molecule has 1 fully saturated rings. The van der Waals surface area contributed by atoms with E-state index in [1.807, 2.05) is 71.9 Å². The number of nitrogens with zero attached hydrogens (tertiary/aromatic N) is 3. The minimum atomic E-state index is -1.14. The Morgan fingerprint density at radius 1 is 0.978 bits per heavy atom. The first-order valence-electron chi connectivity index (χ1n) is 15.0. The van der Waals surface area contributed by atoms with Crippen LogP contribution in [-0.4, -0.2) is 64.9 Å². The van der Waals surface area contributed by atoms with E-state index in [4.69, 9.17) is 21.1 Å². The molecule has 240 valence electrons. The summed E-state index contributed by atoms with van der Waals surface area (Å²) in [6, 6.07) is 18.6. The van der Waals surface area contributed by atoms with E-state index in [-0.39, 0.29) is 43.4 Å². The van der Waals surface area contributed by atoms with Crippen LogP contribution in [-0.2, 0) is 14.3 Å². The molecule has 3 amide bonds. The highest BCUT2D eigenvalue weighted by Gasteiger charge is 2.41. The normalized spacial score (nSPS) is 15.9. The van der Waals surface area contributed by atoms with Crippen molar-refractivity contribution in [1.82, 2.24) is 9.80 Å². The lowest BCUT2D eigenvalue weighted by atomic mass is 9.97. The van der Waals surface area contributed by atoms with Gasteiger partial charge in [0.1, 0.15) is 34.8 Å². The van der Waals surface area contributed by atoms with Gasteiger partial charge in [0.25, 0.3) is 5.91 Å². The Balaban J connectivity index is 1.71. The molecule has 0 aromatic heterocycles. The Kier molecular flexibility index (Phi) is 10.8. The highest BCUT2D eigenvalue weighted by atomic mass is 35.5. The summed E-state index contributed by atoms with van der Waals surface area (Å²) in [7, 11) is 0. The second-order valence-electron chi connectivity index (χ2n) is 12.5. The van der Waals surface area contributed by atoms with Crippen molar-refractivity contribution in [1.29, 1.82) is 0 Å². The highest BCUT2D eigenvalue weighted by molar-refractivity contribution is 6.30. The molecule has 3 aromatic carbocycles. The summed E-state index contributed by atoms with van der Waals surface area (Å²) in [5.74, 6) is -0.479. The summed E-state index contributed by atoms with van der Waals surface area (Å²) >= 11 is 6.15. The van der Waals surface area contributed by atoms with Crippen molar-refractivity contribution in [3.8, 4) is 11.5 Å². The number of piperazine rings is 1. The van der Waals surface area contributed by atoms with E-state index in [0.717, 1.165) is 0 Å². The first-order valence-corrected chi connectivity index (χ1v) is 15.6. The third-order valence-corrected chi connectivity index (χ3v) is 7.82. The van der Waals surface area contributed by atoms with Crippen molar-refractivity contribution >= 4 is 35.2 Å². The maximum absolute atomic E-state index is 14.5. The molecule has 0 bridgehead atoms. The first-order chi connectivity index (χ1) is 21.3. The summed E-state index contributed by atoms with van der Waals surface area (Å²) in [6.07, 6.45) is -0.434. The quantitative estimate of drug-likeness (QED) is 0.242. The van der Waals surface area contributed by atoms with Crippen LogP contribution >= 0.6 is 11.6 Å². The van der Waals surface area contributed by atoms with Crippen LogP contribution in [0.25, 0.3) is 0 Å². The van der Waals surface area contributed by atoms with Gasteiger partial charge in [-0.2, -0.15) is 0 Å². The van der Waals surface area contributed by atoms with Crippen molar-refractivity contribution < 1.29 is 28.2 Å². The van der Waals surface area contributed by atoms with Crippen molar-refractivity contribution in [2.45, 2.75) is 59.2 Å². The molecule has 10 heteroatoms. The molecule has 2 atom stereocenters. The zero-order valence-electron chi connectivity index (χ0n) is 26.6. The fourth-order valence-electron chi connectivity index (χ4n) is 5.42. The molecule has 0 N–H and O–H groups in total. The van der Waals surface area contributed by atoms with Gasteiger partial charge >= 0.3 is 6.09 Å². The number of rotatable bonds is 8. The van der Waals surface area contributed by atoms with Gasteiger partial charge in [-0.25, -0.2) is 9.18 Å². The molecule has 1 saturated heterocycles. The monoisotopic (exact) mass is 637 g/mol. The molecule has 0 saturated carbocycles. The lowest BCUT2D eigenvalue weighted by Gasteiger charge is -2.45. The van der Waals surface area contributed by atoms with Gasteiger partial charge in [-0.15, -0.1) is 11.6 Å². The van der Waals surface area contributed by atoms with E-state index in [1.54, 1.807) is 28.0 Å². The maximum atomic E-state index is 14.5. The number of alkyl halides is 1. The van der Waals surface area contributed by atoms with E-state index in [0.29, 0.717) is 28.3 Å². The van der Waals surface area contributed by atoms with E-state index in [9.17, 15) is 18.8 Å². The molecular weight excluding hydrogens is 597 g/mol. The lowest BCUT2D eigenvalue weighted by Crippen LogP contribution is -2.60. The van der Waals surface area contributed by atoms with Crippen LogP contribution < -0.4 is 9.64 Å². The number of aryl methyl sites for hydroxylation is 1. The van der Waals surface area contributed by atoms with Gasteiger partial charge in [0.2, 0.25) is 5.91 Å². The van der Waals surface area contributed by atoms with Crippen molar-refractivity contribution in [2.24, 2.45) is 5.92 Å². The maximum Gasteiger partial charge on any atom is 0.410 e. The predicted octanol–water partition coefficient (Wildman–Crippen LogP) is 7.34. The number of amides is 3. The lowest BCUT2D eigenvalue weighted by molar-refractivity contribution is -0.137. The summed E-state index contributed by atoms with van der Waals surface area (Å²) in [4.78, 5) is 46.0. The second-order valence-corrected chi connectivity index (χ2v) is 12.8. The topological polar surface area (TPSA) is 79.4 Å². The molecule has 0 aliphatic carbocycles. The van der Waals surface area contributed by atoms with Gasteiger partial charge in [0, 0.05) is 25.3 Å². The van der Waals surface area contributed by atoms with Gasteiger partial charge in [-0.05, 0) is 87.2 Å². The number of anilines is 1. The summed E-state index contributed by atoms with van der Waals surface area (Å²) in [5.41, 5.74) is 0.911. The Hall–Kier alpha value is -4.11. The van der Waals surface area contributed by atoms with Crippen molar-refractivity contribution in [3.63, 3.8) is 0 Å². The van der Waals surface area contributed by atoms with Gasteiger partial charge in [-0.1, -0.05) is 44.2 Å². The number of carbonyl (C=O) groups excluding carboxylic acids is 3. The molecule has 3 aromatic rings. The minimum absolute atomic E-state index is 0.0115. The standard InChI is InChI=1S/C35H41ClFN3O5/c1-23(2)30-22-38(18-19-39(30)34(43)45-35(4,5)6)33(42)32(25-12-14-26(37)15-13-25)40(31(41)21-36)29-17-16-28(20-24(29)3)44-27-10-8-7-9-11-27/h7-17,20,23,30,32H,18-19,21-22H2,1-6H3/t30-,32+/m1/s1. The fraction of sp³-hybridized carbons (Fsp3) is 0.400. The summed E-state index contributed by atoms with van der Waals surface area (Å²) in [5, 5.41) is 0. The Bertz CT molecular complexity index is 1490. The Morgan fingerprint density at radius 2 is 1.64 bits per heavy atom.